The van der Waals surface area contributed by atoms with Gasteiger partial charge in [0.25, 0.3) is 0 Å². The molecule has 0 amide bonds. The van der Waals surface area contributed by atoms with E-state index in [4.69, 9.17) is 4.74 Å². The van der Waals surface area contributed by atoms with E-state index in [1.54, 1.807) is 13.8 Å². The van der Waals surface area contributed by atoms with Gasteiger partial charge in [0.05, 0.1) is 7.11 Å². The lowest BCUT2D eigenvalue weighted by Crippen LogP contribution is -2.38. The van der Waals surface area contributed by atoms with Gasteiger partial charge in [-0.3, -0.25) is 0 Å². The van der Waals surface area contributed by atoms with Gasteiger partial charge in [0.2, 0.25) is 0 Å². The van der Waals surface area contributed by atoms with E-state index in [2.05, 4.69) is 38.7 Å². The number of ether oxygens (including phenoxy) is 2. The quantitative estimate of drug-likeness (QED) is 0.581. The van der Waals surface area contributed by atoms with E-state index >= 15 is 0 Å². The third-order valence-electron chi connectivity index (χ3n) is 5.85. The molecule has 0 N–H and O–H groups in total. The van der Waals surface area contributed by atoms with Gasteiger partial charge in [0.15, 0.2) is 0 Å². The van der Waals surface area contributed by atoms with Gasteiger partial charge in [-0.1, -0.05) is 33.9 Å². The molecule has 2 aliphatic rings. The molecule has 2 rings (SSSR count). The first kappa shape index (κ1) is 19.5. The first-order valence-electron chi connectivity index (χ1n) is 8.07. The van der Waals surface area contributed by atoms with Gasteiger partial charge in [0, 0.05) is 16.6 Å². The van der Waals surface area contributed by atoms with Crippen molar-refractivity contribution in [1.29, 1.82) is 0 Å². The average Bonchev–Trinajstić information content (AvgIpc) is 2.80. The van der Waals surface area contributed by atoms with Crippen LogP contribution in [0.1, 0.15) is 53.9 Å². The minimum absolute atomic E-state index is 0.0884. The van der Waals surface area contributed by atoms with Crippen molar-refractivity contribution in [3.05, 3.63) is 24.3 Å². The molecule has 130 valence electrons. The second-order valence-electron chi connectivity index (χ2n) is 7.56. The Kier molecular flexibility index (Phi) is 5.84. The maximum Gasteiger partial charge on any atom is 0.333 e. The van der Waals surface area contributed by atoms with E-state index in [1.165, 1.54) is 20.0 Å². The molecule has 2 saturated carbocycles. The predicted molar refractivity (Wildman–Crippen MR) is 90.8 cm³/mol. The molecule has 2 aliphatic carbocycles. The highest BCUT2D eigenvalue weighted by Crippen LogP contribution is 2.66. The molecule has 0 aromatic heterocycles. The number of esters is 2. The zero-order valence-corrected chi connectivity index (χ0v) is 15.3. The van der Waals surface area contributed by atoms with Gasteiger partial charge in [0.1, 0.15) is 6.10 Å². The molecule has 0 spiro atoms. The largest absolute Gasteiger partial charge is 0.466 e. The molecule has 4 nitrogen and oxygen atoms in total. The highest BCUT2D eigenvalue weighted by Gasteiger charge is 2.62. The van der Waals surface area contributed by atoms with Crippen molar-refractivity contribution in [2.45, 2.75) is 60.0 Å². The molecule has 0 aliphatic heterocycles. The van der Waals surface area contributed by atoms with Crippen LogP contribution < -0.4 is 0 Å². The molecular weight excluding hydrogens is 292 g/mol. The molecule has 0 aromatic carbocycles. The summed E-state index contributed by atoms with van der Waals surface area (Å²) < 4.78 is 9.88. The van der Waals surface area contributed by atoms with E-state index in [1.807, 2.05) is 0 Å². The number of methoxy groups -OCH3 is 1. The topological polar surface area (TPSA) is 52.6 Å². The normalized spacial score (nSPS) is 30.0. The summed E-state index contributed by atoms with van der Waals surface area (Å²) in [5, 5.41) is 0. The highest BCUT2D eigenvalue weighted by molar-refractivity contribution is 5.87. The van der Waals surface area contributed by atoms with Crippen LogP contribution in [0.4, 0.5) is 0 Å². The summed E-state index contributed by atoms with van der Waals surface area (Å²) in [7, 11) is 1.33. The minimum Gasteiger partial charge on any atom is -0.466 e. The molecule has 3 atom stereocenters. The summed E-state index contributed by atoms with van der Waals surface area (Å²) in [5.74, 6) is 0.134. The van der Waals surface area contributed by atoms with Crippen LogP contribution in [0.2, 0.25) is 0 Å². The average molecular weight is 322 g/mol. The van der Waals surface area contributed by atoms with Crippen LogP contribution in [0, 0.1) is 16.7 Å². The van der Waals surface area contributed by atoms with Gasteiger partial charge >= 0.3 is 11.9 Å². The Bertz CT molecular complexity index is 517. The van der Waals surface area contributed by atoms with Crippen LogP contribution in [0.3, 0.4) is 0 Å². The molecule has 0 heterocycles. The Morgan fingerprint density at radius 3 is 1.83 bits per heavy atom. The van der Waals surface area contributed by atoms with Gasteiger partial charge in [-0.15, -0.1) is 0 Å². The lowest BCUT2D eigenvalue weighted by Gasteiger charge is -2.38. The zero-order valence-electron chi connectivity index (χ0n) is 15.3. The van der Waals surface area contributed by atoms with Crippen molar-refractivity contribution < 1.29 is 19.1 Å². The fraction of sp³-hybridized carbons (Fsp3) is 0.684. The predicted octanol–water partition coefficient (Wildman–Crippen LogP) is 4.06. The van der Waals surface area contributed by atoms with Gasteiger partial charge in [-0.2, -0.15) is 0 Å². The summed E-state index contributed by atoms with van der Waals surface area (Å²) in [6.45, 7) is 17.2. The van der Waals surface area contributed by atoms with Crippen molar-refractivity contribution in [1.82, 2.24) is 0 Å². The Labute approximate surface area is 139 Å². The number of fused-ring (bicyclic) bond motifs is 2. The van der Waals surface area contributed by atoms with E-state index in [0.717, 1.165) is 6.42 Å². The van der Waals surface area contributed by atoms with Crippen LogP contribution in [0.5, 0.6) is 0 Å². The number of carbonyl (C=O) groups excluding carboxylic acids is 2. The maximum absolute atomic E-state index is 11.6. The second kappa shape index (κ2) is 6.90. The van der Waals surface area contributed by atoms with Crippen molar-refractivity contribution in [2.24, 2.45) is 16.7 Å². The lowest BCUT2D eigenvalue weighted by atomic mass is 9.70. The molecule has 0 radical (unpaired) electrons. The summed E-state index contributed by atoms with van der Waals surface area (Å²) >= 11 is 0. The number of carbonyl (C=O) groups is 2. The molecule has 0 unspecified atom stereocenters. The van der Waals surface area contributed by atoms with Crippen molar-refractivity contribution in [3.63, 3.8) is 0 Å². The van der Waals surface area contributed by atoms with Crippen molar-refractivity contribution in [3.8, 4) is 0 Å². The monoisotopic (exact) mass is 322 g/mol. The summed E-state index contributed by atoms with van der Waals surface area (Å²) in [6.07, 6.45) is 3.58. The van der Waals surface area contributed by atoms with E-state index < -0.39 is 0 Å². The number of hydrogen-bond acceptors (Lipinski definition) is 4. The van der Waals surface area contributed by atoms with Gasteiger partial charge in [-0.05, 0) is 44.4 Å². The summed E-state index contributed by atoms with van der Waals surface area (Å²) in [4.78, 5) is 21.8. The Balaban J connectivity index is 0.000000322. The Morgan fingerprint density at radius 2 is 1.57 bits per heavy atom. The first-order valence-corrected chi connectivity index (χ1v) is 8.07. The second-order valence-corrected chi connectivity index (χ2v) is 7.56. The SMILES string of the molecule is C=C(C)C(=O)OC.C=C(C)C(=O)O[C@H]1C[C@H]2CC[C@]1(C)C2(C)C. The molecule has 4 heteroatoms. The number of rotatable bonds is 3. The third-order valence-corrected chi connectivity index (χ3v) is 5.85. The minimum atomic E-state index is -0.347. The maximum atomic E-state index is 11.6. The highest BCUT2D eigenvalue weighted by atomic mass is 16.5. The Morgan fingerprint density at radius 1 is 1.04 bits per heavy atom. The van der Waals surface area contributed by atoms with E-state index in [-0.39, 0.29) is 23.5 Å². The van der Waals surface area contributed by atoms with Crippen LogP contribution in [-0.4, -0.2) is 25.2 Å². The van der Waals surface area contributed by atoms with Crippen LogP contribution >= 0.6 is 0 Å². The first-order chi connectivity index (χ1) is 10.5. The molecule has 23 heavy (non-hydrogen) atoms. The fourth-order valence-corrected chi connectivity index (χ4v) is 3.71. The summed E-state index contributed by atoms with van der Waals surface area (Å²) in [5.41, 5.74) is 1.39. The van der Waals surface area contributed by atoms with Crippen molar-refractivity contribution in [2.75, 3.05) is 7.11 Å². The Hall–Kier alpha value is -1.58. The van der Waals surface area contributed by atoms with Crippen molar-refractivity contribution >= 4 is 11.9 Å². The molecule has 2 bridgehead atoms. The lowest BCUT2D eigenvalue weighted by molar-refractivity contribution is -0.151. The van der Waals surface area contributed by atoms with E-state index in [0.29, 0.717) is 22.5 Å². The van der Waals surface area contributed by atoms with Crippen LogP contribution in [-0.2, 0) is 19.1 Å². The molecule has 0 saturated heterocycles. The standard InChI is InChI=1S/C14H22O2.C5H8O2/c1-9(2)12(15)16-11-8-10-6-7-14(11,5)13(10,3)4;1-4(2)5(6)7-3/h10-11H,1,6-8H2,2-5H3;1H2,2-3H3/t10-,11+,14+;/m1./s1. The smallest absolute Gasteiger partial charge is 0.333 e. The van der Waals surface area contributed by atoms with Crippen LogP contribution in [0.25, 0.3) is 0 Å². The fourth-order valence-electron chi connectivity index (χ4n) is 3.71. The van der Waals surface area contributed by atoms with Gasteiger partial charge in [-0.25, -0.2) is 9.59 Å². The zero-order chi connectivity index (χ0) is 18.0. The van der Waals surface area contributed by atoms with Gasteiger partial charge < -0.3 is 9.47 Å². The van der Waals surface area contributed by atoms with E-state index in [9.17, 15) is 9.59 Å². The third kappa shape index (κ3) is 3.67. The molecule has 0 aromatic rings. The summed E-state index contributed by atoms with van der Waals surface area (Å²) in [6, 6.07) is 0. The number of hydrogen-bond donors (Lipinski definition) is 0. The molecular formula is C19H30O4. The molecule has 2 fully saturated rings. The van der Waals surface area contributed by atoms with Crippen LogP contribution in [0.15, 0.2) is 24.3 Å².